The van der Waals surface area contributed by atoms with E-state index in [0.29, 0.717) is 0 Å². The molecule has 4 nitrogen and oxygen atoms in total. The number of likely N-dealkylation sites (N-methyl/N-ethyl adjacent to an activating group) is 2. The summed E-state index contributed by atoms with van der Waals surface area (Å²) in [7, 11) is 5.46. The summed E-state index contributed by atoms with van der Waals surface area (Å²) < 4.78 is 6.07. The molecule has 1 aliphatic rings. The molecule has 0 aromatic carbocycles. The Balaban J connectivity index is 2.80. The molecule has 0 atom stereocenters. The maximum atomic E-state index is 10.2. The summed E-state index contributed by atoms with van der Waals surface area (Å²) in [6.45, 7) is 1.94. The van der Waals surface area contributed by atoms with Gasteiger partial charge in [-0.2, -0.15) is 0 Å². The second-order valence-electron chi connectivity index (χ2n) is 3.34. The minimum atomic E-state index is -2.37. The molecule has 1 fully saturated rings. The Hall–Kier alpha value is 0.270. The topological polar surface area (TPSA) is 30.0 Å². The second-order valence-corrected chi connectivity index (χ2v) is 6.96. The summed E-state index contributed by atoms with van der Waals surface area (Å²) in [4.78, 5) is 10.2. The Kier molecular flexibility index (Phi) is 2.52. The molecule has 68 valence electrons. The van der Waals surface area contributed by atoms with Gasteiger partial charge >= 0.3 is 68.1 Å². The first kappa shape index (κ1) is 9.36. The second kappa shape index (κ2) is 2.96. The summed E-state index contributed by atoms with van der Waals surface area (Å²) in [6, 6.07) is 0. The summed E-state index contributed by atoms with van der Waals surface area (Å²) >= 11 is 0. The van der Waals surface area contributed by atoms with Crippen LogP contribution in [0, 0.1) is 0 Å². The quantitative estimate of drug-likeness (QED) is 0.566. The van der Waals surface area contributed by atoms with E-state index < -0.39 is 7.94 Å². The van der Waals surface area contributed by atoms with Gasteiger partial charge in [-0.25, -0.2) is 0 Å². The van der Waals surface area contributed by atoms with E-state index in [-0.39, 0.29) is 0 Å². The monoisotopic (exact) mass is 179 g/mol. The summed E-state index contributed by atoms with van der Waals surface area (Å²) in [6.07, 6.45) is 0. The molecule has 0 amide bonds. The van der Waals surface area contributed by atoms with Gasteiger partial charge in [0.05, 0.1) is 0 Å². The van der Waals surface area contributed by atoms with Crippen molar-refractivity contribution < 1.29 is 4.89 Å². The van der Waals surface area contributed by atoms with Crippen LogP contribution in [-0.4, -0.2) is 60.2 Å². The first-order valence-electron chi connectivity index (χ1n) is 3.82. The van der Waals surface area contributed by atoms with Crippen molar-refractivity contribution in [3.05, 3.63) is 0 Å². The van der Waals surface area contributed by atoms with Crippen molar-refractivity contribution in [1.29, 1.82) is 0 Å². The van der Waals surface area contributed by atoms with Gasteiger partial charge in [0.2, 0.25) is 0 Å². The Morgan fingerprint density at radius 2 is 1.55 bits per heavy atom. The number of nitrogens with zero attached hydrogens (tertiary/aromatic N) is 3. The third-order valence-electron chi connectivity index (χ3n) is 2.40. The molecule has 0 radical (unpaired) electrons. The van der Waals surface area contributed by atoms with Crippen LogP contribution in [-0.2, 0) is 0 Å². The van der Waals surface area contributed by atoms with Gasteiger partial charge in [-0.05, 0) is 0 Å². The zero-order valence-electron chi connectivity index (χ0n) is 7.70. The predicted molar refractivity (Wildman–Crippen MR) is 49.5 cm³/mol. The van der Waals surface area contributed by atoms with E-state index in [2.05, 4.69) is 9.34 Å². The van der Waals surface area contributed by atoms with Crippen molar-refractivity contribution in [1.82, 2.24) is 14.0 Å². The van der Waals surface area contributed by atoms with Gasteiger partial charge in [0, 0.05) is 0 Å². The number of hydrogen-bond donors (Lipinski definition) is 1. The molecule has 0 aromatic heterocycles. The molecule has 0 aromatic rings. The molecule has 0 saturated carbocycles. The van der Waals surface area contributed by atoms with Gasteiger partial charge in [0.1, 0.15) is 0 Å². The summed E-state index contributed by atoms with van der Waals surface area (Å²) in [5.74, 6) is 0. The molecular weight excluding hydrogens is 161 g/mol. The molecule has 1 rings (SSSR count). The maximum absolute atomic E-state index is 10.2. The average molecular weight is 179 g/mol. The average Bonchev–Trinajstić information content (AvgIpc) is 2.18. The third-order valence-corrected chi connectivity index (χ3v) is 6.09. The van der Waals surface area contributed by atoms with E-state index in [4.69, 9.17) is 0 Å². The van der Waals surface area contributed by atoms with Crippen molar-refractivity contribution in [2.45, 2.75) is 0 Å². The van der Waals surface area contributed by atoms with Crippen molar-refractivity contribution in [2.24, 2.45) is 0 Å². The molecule has 0 aliphatic carbocycles. The van der Waals surface area contributed by atoms with Gasteiger partial charge in [-0.3, -0.25) is 0 Å². The summed E-state index contributed by atoms with van der Waals surface area (Å²) in [5.41, 5.74) is 0. The Bertz CT molecular complexity index is 143. The van der Waals surface area contributed by atoms with Crippen LogP contribution in [0.5, 0.6) is 0 Å². The Morgan fingerprint density at radius 3 is 1.73 bits per heavy atom. The SMILES string of the molecule is CN(C)[PH]1(O)N(C)CCN1C. The van der Waals surface area contributed by atoms with E-state index in [1.54, 1.807) is 0 Å². The van der Waals surface area contributed by atoms with Crippen LogP contribution in [0.2, 0.25) is 0 Å². The first-order valence-corrected chi connectivity index (χ1v) is 5.60. The van der Waals surface area contributed by atoms with E-state index in [1.165, 1.54) is 0 Å². The van der Waals surface area contributed by atoms with Crippen molar-refractivity contribution in [3.63, 3.8) is 0 Å². The molecule has 0 spiro atoms. The first-order chi connectivity index (χ1) is 4.99. The van der Waals surface area contributed by atoms with E-state index in [0.717, 1.165) is 13.1 Å². The van der Waals surface area contributed by atoms with E-state index in [9.17, 15) is 4.89 Å². The standard InChI is InChI=1S/C6H18N3OP/c1-7(2)11(10)8(3)5-6-9(11)4/h10-11H,5-6H2,1-4H3. The number of hydrogen-bond acceptors (Lipinski definition) is 4. The fraction of sp³-hybridized carbons (Fsp3) is 1.00. The fourth-order valence-electron chi connectivity index (χ4n) is 1.57. The van der Waals surface area contributed by atoms with Crippen molar-refractivity contribution in [2.75, 3.05) is 41.3 Å². The van der Waals surface area contributed by atoms with Crippen LogP contribution in [0.3, 0.4) is 0 Å². The molecule has 1 heterocycles. The molecule has 0 bridgehead atoms. The Labute approximate surface area is 69.0 Å². The van der Waals surface area contributed by atoms with Gasteiger partial charge in [-0.1, -0.05) is 0 Å². The third kappa shape index (κ3) is 1.30. The van der Waals surface area contributed by atoms with Crippen LogP contribution < -0.4 is 0 Å². The van der Waals surface area contributed by atoms with Crippen LogP contribution in [0.25, 0.3) is 0 Å². The zero-order chi connectivity index (χ0) is 8.65. The van der Waals surface area contributed by atoms with Crippen LogP contribution >= 0.6 is 7.94 Å². The minimum absolute atomic E-state index is 0.970. The van der Waals surface area contributed by atoms with Crippen molar-refractivity contribution in [3.8, 4) is 0 Å². The molecular formula is C6H18N3OP. The van der Waals surface area contributed by atoms with Gasteiger partial charge in [0.25, 0.3) is 0 Å². The van der Waals surface area contributed by atoms with Crippen molar-refractivity contribution >= 4 is 7.94 Å². The van der Waals surface area contributed by atoms with E-state index >= 15 is 0 Å². The normalized spacial score (nSPS) is 29.6. The molecule has 5 heteroatoms. The molecule has 1 saturated heterocycles. The van der Waals surface area contributed by atoms with Crippen LogP contribution in [0.4, 0.5) is 0 Å². The van der Waals surface area contributed by atoms with Crippen LogP contribution in [0.15, 0.2) is 0 Å². The molecule has 1 N–H and O–H groups in total. The zero-order valence-corrected chi connectivity index (χ0v) is 8.70. The van der Waals surface area contributed by atoms with Gasteiger partial charge < -0.3 is 0 Å². The fourth-order valence-corrected chi connectivity index (χ4v) is 4.32. The van der Waals surface area contributed by atoms with Gasteiger partial charge in [0.15, 0.2) is 0 Å². The molecule has 1 aliphatic heterocycles. The molecule has 0 unspecified atom stereocenters. The number of rotatable bonds is 1. The van der Waals surface area contributed by atoms with Crippen LogP contribution in [0.1, 0.15) is 0 Å². The van der Waals surface area contributed by atoms with Gasteiger partial charge in [-0.15, -0.1) is 0 Å². The van der Waals surface area contributed by atoms with E-state index in [1.807, 2.05) is 32.9 Å². The molecule has 11 heavy (non-hydrogen) atoms. The Morgan fingerprint density at radius 1 is 1.18 bits per heavy atom. The summed E-state index contributed by atoms with van der Waals surface area (Å²) in [5, 5.41) is 0. The predicted octanol–water partition coefficient (Wildman–Crippen LogP) is -0.173.